The highest BCUT2D eigenvalue weighted by Crippen LogP contribution is 2.10. The van der Waals surface area contributed by atoms with E-state index in [1.807, 2.05) is 26.2 Å². The van der Waals surface area contributed by atoms with Gasteiger partial charge in [-0.2, -0.15) is 11.8 Å². The van der Waals surface area contributed by atoms with E-state index < -0.39 is 5.60 Å². The van der Waals surface area contributed by atoms with Crippen LogP contribution in [0.1, 0.15) is 28.7 Å². The van der Waals surface area contributed by atoms with Gasteiger partial charge in [-0.1, -0.05) is 0 Å². The fourth-order valence-corrected chi connectivity index (χ4v) is 2.38. The van der Waals surface area contributed by atoms with E-state index in [-0.39, 0.29) is 12.5 Å². The number of nitrogens with one attached hydrogen (secondary N) is 1. The number of carbonyl (C=O) groups is 1. The number of aromatic nitrogens is 1. The molecule has 1 heterocycles. The van der Waals surface area contributed by atoms with E-state index >= 15 is 0 Å². The predicted octanol–water partition coefficient (Wildman–Crippen LogP) is 1.54. The number of hydrogen-bond donors (Lipinski definition) is 2. The lowest BCUT2D eigenvalue weighted by Crippen LogP contribution is -2.42. The summed E-state index contributed by atoms with van der Waals surface area (Å²) in [7, 11) is 0. The molecule has 1 amide bonds. The summed E-state index contributed by atoms with van der Waals surface area (Å²) in [6.45, 7) is 5.64. The van der Waals surface area contributed by atoms with Crippen molar-refractivity contribution in [3.05, 3.63) is 29.1 Å². The van der Waals surface area contributed by atoms with Gasteiger partial charge < -0.3 is 10.4 Å². The Kier molecular flexibility index (Phi) is 5.16. The second-order valence-corrected chi connectivity index (χ2v) is 5.56. The van der Waals surface area contributed by atoms with Crippen LogP contribution in [-0.2, 0) is 0 Å². The maximum atomic E-state index is 12.0. The van der Waals surface area contributed by atoms with E-state index in [1.165, 1.54) is 0 Å². The molecule has 1 rings (SSSR count). The smallest absolute Gasteiger partial charge is 0.253 e. The number of aryl methyl sites for hydroxylation is 2. The van der Waals surface area contributed by atoms with Crippen LogP contribution in [-0.4, -0.2) is 40.2 Å². The van der Waals surface area contributed by atoms with Gasteiger partial charge in [0.15, 0.2) is 0 Å². The molecular formula is C13H20N2O2S. The van der Waals surface area contributed by atoms with Gasteiger partial charge in [-0.3, -0.25) is 9.78 Å². The van der Waals surface area contributed by atoms with Gasteiger partial charge in [0.25, 0.3) is 5.91 Å². The first-order chi connectivity index (χ1) is 8.35. The Morgan fingerprint density at radius 3 is 2.72 bits per heavy atom. The summed E-state index contributed by atoms with van der Waals surface area (Å²) in [5.74, 6) is 0.389. The molecule has 0 aromatic carbocycles. The first-order valence-electron chi connectivity index (χ1n) is 5.79. The quantitative estimate of drug-likeness (QED) is 0.850. The number of pyridine rings is 1. The molecule has 0 saturated carbocycles. The Balaban J connectivity index is 2.66. The Morgan fingerprint density at radius 1 is 1.50 bits per heavy atom. The average molecular weight is 268 g/mol. The molecule has 4 nitrogen and oxygen atoms in total. The number of aliphatic hydroxyl groups is 1. The molecule has 0 saturated heterocycles. The van der Waals surface area contributed by atoms with Crippen molar-refractivity contribution in [1.82, 2.24) is 10.3 Å². The molecule has 18 heavy (non-hydrogen) atoms. The lowest BCUT2D eigenvalue weighted by molar-refractivity contribution is 0.0724. The van der Waals surface area contributed by atoms with Gasteiger partial charge >= 0.3 is 0 Å². The maximum Gasteiger partial charge on any atom is 0.253 e. The minimum Gasteiger partial charge on any atom is -0.387 e. The van der Waals surface area contributed by atoms with Crippen LogP contribution in [0.2, 0.25) is 0 Å². The number of thioether (sulfide) groups is 1. The normalized spacial score (nSPS) is 14.1. The summed E-state index contributed by atoms with van der Waals surface area (Å²) in [6.07, 6.45) is 1.92. The Labute approximate surface area is 112 Å². The predicted molar refractivity (Wildman–Crippen MR) is 75.1 cm³/mol. The van der Waals surface area contributed by atoms with Crippen molar-refractivity contribution in [3.63, 3.8) is 0 Å². The van der Waals surface area contributed by atoms with Crippen LogP contribution in [0.3, 0.4) is 0 Å². The highest BCUT2D eigenvalue weighted by atomic mass is 32.2. The van der Waals surface area contributed by atoms with Crippen molar-refractivity contribution < 1.29 is 9.90 Å². The van der Waals surface area contributed by atoms with Crippen LogP contribution >= 0.6 is 11.8 Å². The lowest BCUT2D eigenvalue weighted by atomic mass is 10.1. The van der Waals surface area contributed by atoms with Gasteiger partial charge in [-0.05, 0) is 39.2 Å². The minimum absolute atomic E-state index is 0.193. The first kappa shape index (κ1) is 15.0. The highest BCUT2D eigenvalue weighted by Gasteiger charge is 2.21. The summed E-state index contributed by atoms with van der Waals surface area (Å²) >= 11 is 1.55. The fraction of sp³-hybridized carbons (Fsp3) is 0.538. The van der Waals surface area contributed by atoms with E-state index in [4.69, 9.17) is 0 Å². The van der Waals surface area contributed by atoms with Crippen molar-refractivity contribution >= 4 is 17.7 Å². The number of amides is 1. The van der Waals surface area contributed by atoms with Gasteiger partial charge in [-0.15, -0.1) is 0 Å². The molecular weight excluding hydrogens is 248 g/mol. The number of carbonyl (C=O) groups excluding carboxylic acids is 1. The summed E-state index contributed by atoms with van der Waals surface area (Å²) in [4.78, 5) is 16.2. The summed E-state index contributed by atoms with van der Waals surface area (Å²) in [6, 6.07) is 3.57. The monoisotopic (exact) mass is 268 g/mol. The van der Waals surface area contributed by atoms with E-state index in [0.29, 0.717) is 17.0 Å². The average Bonchev–Trinajstić information content (AvgIpc) is 2.26. The van der Waals surface area contributed by atoms with Gasteiger partial charge in [0.05, 0.1) is 16.9 Å². The molecule has 1 aromatic rings. The van der Waals surface area contributed by atoms with E-state index in [2.05, 4.69) is 10.3 Å². The molecule has 0 radical (unpaired) electrons. The molecule has 5 heteroatoms. The second kappa shape index (κ2) is 6.20. The molecule has 1 atom stereocenters. The van der Waals surface area contributed by atoms with Gasteiger partial charge in [0.1, 0.15) is 0 Å². The van der Waals surface area contributed by atoms with Crippen LogP contribution in [0.15, 0.2) is 12.1 Å². The Bertz CT molecular complexity index is 433. The van der Waals surface area contributed by atoms with Crippen LogP contribution in [0.4, 0.5) is 0 Å². The highest BCUT2D eigenvalue weighted by molar-refractivity contribution is 7.98. The summed E-state index contributed by atoms with van der Waals surface area (Å²) in [5, 5.41) is 12.7. The fourth-order valence-electron chi connectivity index (χ4n) is 1.65. The molecule has 0 spiro atoms. The van der Waals surface area contributed by atoms with Crippen molar-refractivity contribution in [3.8, 4) is 0 Å². The maximum absolute atomic E-state index is 12.0. The standard InChI is InChI=1S/C13H20N2O2S/c1-9-5-6-11(10(2)15-9)12(16)14-7-13(3,17)8-18-4/h5-6,17H,7-8H2,1-4H3,(H,14,16). The van der Waals surface area contributed by atoms with Crippen LogP contribution in [0.25, 0.3) is 0 Å². The third-order valence-corrected chi connectivity index (χ3v) is 3.47. The third-order valence-electron chi connectivity index (χ3n) is 2.55. The van der Waals surface area contributed by atoms with E-state index in [0.717, 1.165) is 5.69 Å². The number of rotatable bonds is 5. The van der Waals surface area contributed by atoms with Crippen molar-refractivity contribution in [1.29, 1.82) is 0 Å². The van der Waals surface area contributed by atoms with Crippen molar-refractivity contribution in [2.75, 3.05) is 18.6 Å². The zero-order chi connectivity index (χ0) is 13.8. The zero-order valence-electron chi connectivity index (χ0n) is 11.3. The third kappa shape index (κ3) is 4.31. The number of hydrogen-bond acceptors (Lipinski definition) is 4. The Morgan fingerprint density at radius 2 is 2.17 bits per heavy atom. The molecule has 0 fully saturated rings. The molecule has 1 unspecified atom stereocenters. The first-order valence-corrected chi connectivity index (χ1v) is 7.19. The van der Waals surface area contributed by atoms with E-state index in [9.17, 15) is 9.90 Å². The molecule has 1 aromatic heterocycles. The topological polar surface area (TPSA) is 62.2 Å². The summed E-state index contributed by atoms with van der Waals surface area (Å²) in [5.41, 5.74) is 1.26. The zero-order valence-corrected chi connectivity index (χ0v) is 12.1. The van der Waals surface area contributed by atoms with Gasteiger partial charge in [0, 0.05) is 18.0 Å². The molecule has 0 aliphatic heterocycles. The molecule has 0 bridgehead atoms. The minimum atomic E-state index is -0.888. The molecule has 100 valence electrons. The summed E-state index contributed by atoms with van der Waals surface area (Å²) < 4.78 is 0. The van der Waals surface area contributed by atoms with Gasteiger partial charge in [-0.25, -0.2) is 0 Å². The van der Waals surface area contributed by atoms with Gasteiger partial charge in [0.2, 0.25) is 0 Å². The second-order valence-electron chi connectivity index (χ2n) is 4.70. The van der Waals surface area contributed by atoms with Crippen LogP contribution in [0.5, 0.6) is 0 Å². The molecule has 2 N–H and O–H groups in total. The molecule has 0 aliphatic rings. The SMILES string of the molecule is CSCC(C)(O)CNC(=O)c1ccc(C)nc1C. The number of nitrogens with zero attached hydrogens (tertiary/aromatic N) is 1. The lowest BCUT2D eigenvalue weighted by Gasteiger charge is -2.22. The Hall–Kier alpha value is -1.07. The van der Waals surface area contributed by atoms with E-state index in [1.54, 1.807) is 24.8 Å². The van der Waals surface area contributed by atoms with Crippen molar-refractivity contribution in [2.24, 2.45) is 0 Å². The molecule has 0 aliphatic carbocycles. The van der Waals surface area contributed by atoms with Crippen LogP contribution < -0.4 is 5.32 Å². The van der Waals surface area contributed by atoms with Crippen molar-refractivity contribution in [2.45, 2.75) is 26.4 Å². The van der Waals surface area contributed by atoms with Crippen LogP contribution in [0, 0.1) is 13.8 Å². The largest absolute Gasteiger partial charge is 0.387 e.